The zero-order chi connectivity index (χ0) is 24.4. The minimum atomic E-state index is -0.443. The number of nitrogens with one attached hydrogen (secondary N) is 1. The van der Waals surface area contributed by atoms with Gasteiger partial charge in [0.15, 0.2) is 0 Å². The molecule has 7 nitrogen and oxygen atoms in total. The number of methoxy groups -OCH3 is 1. The van der Waals surface area contributed by atoms with Crippen molar-refractivity contribution in [2.24, 2.45) is 0 Å². The number of rotatable bonds is 6. The standard InChI is InChI=1S/C28H26N4O3/c1-4-19-13-15-21(16-14-19)26-30-27(35-31-26)24-18(2)32(22-11-8-12-23(17-22)34-3)28(33)29-25(24)20-9-6-5-7-10-20/h5-17,25H,4H2,1-3H3,(H,29,33). The fourth-order valence-electron chi connectivity index (χ4n) is 4.32. The van der Waals surface area contributed by atoms with Gasteiger partial charge in [-0.25, -0.2) is 4.79 Å². The highest BCUT2D eigenvalue weighted by Crippen LogP contribution is 2.39. The molecule has 1 N–H and O–H groups in total. The number of carbonyl (C=O) groups is 1. The Morgan fingerprint density at radius 3 is 2.51 bits per heavy atom. The van der Waals surface area contributed by atoms with Crippen LogP contribution in [0.15, 0.2) is 89.1 Å². The zero-order valence-electron chi connectivity index (χ0n) is 19.9. The lowest BCUT2D eigenvalue weighted by molar-refractivity contribution is 0.244. The summed E-state index contributed by atoms with van der Waals surface area (Å²) in [6.07, 6.45) is 0.961. The Bertz CT molecular complexity index is 1380. The van der Waals surface area contributed by atoms with E-state index < -0.39 is 6.04 Å². The minimum absolute atomic E-state index is 0.247. The van der Waals surface area contributed by atoms with Crippen molar-refractivity contribution in [2.45, 2.75) is 26.3 Å². The van der Waals surface area contributed by atoms with Crippen molar-refractivity contribution in [1.82, 2.24) is 15.5 Å². The lowest BCUT2D eigenvalue weighted by Gasteiger charge is -2.35. The molecule has 176 valence electrons. The predicted molar refractivity (Wildman–Crippen MR) is 135 cm³/mol. The number of hydrogen-bond acceptors (Lipinski definition) is 5. The Labute approximate surface area is 204 Å². The minimum Gasteiger partial charge on any atom is -0.497 e. The highest BCUT2D eigenvalue weighted by atomic mass is 16.5. The van der Waals surface area contributed by atoms with Crippen molar-refractivity contribution in [1.29, 1.82) is 0 Å². The molecule has 1 aromatic heterocycles. The molecule has 35 heavy (non-hydrogen) atoms. The maximum absolute atomic E-state index is 13.3. The molecule has 1 aliphatic rings. The summed E-state index contributed by atoms with van der Waals surface area (Å²) >= 11 is 0. The first kappa shape index (κ1) is 22.4. The number of ether oxygens (including phenoxy) is 1. The molecule has 2 amide bonds. The van der Waals surface area contributed by atoms with E-state index in [-0.39, 0.29) is 6.03 Å². The van der Waals surface area contributed by atoms with Crippen LogP contribution in [0.4, 0.5) is 10.5 Å². The summed E-state index contributed by atoms with van der Waals surface area (Å²) in [5.74, 6) is 1.52. The van der Waals surface area contributed by atoms with Crippen LogP contribution in [-0.2, 0) is 6.42 Å². The van der Waals surface area contributed by atoms with Crippen LogP contribution in [0.2, 0.25) is 0 Å². The average Bonchev–Trinajstić information content (AvgIpc) is 3.39. The Hall–Kier alpha value is -4.39. The Morgan fingerprint density at radius 1 is 1.03 bits per heavy atom. The third-order valence-electron chi connectivity index (χ3n) is 6.21. The first-order chi connectivity index (χ1) is 17.1. The third kappa shape index (κ3) is 4.28. The Balaban J connectivity index is 1.63. The van der Waals surface area contributed by atoms with Crippen LogP contribution in [-0.4, -0.2) is 23.3 Å². The Morgan fingerprint density at radius 2 is 1.80 bits per heavy atom. The number of urea groups is 1. The molecular weight excluding hydrogens is 440 g/mol. The quantitative estimate of drug-likeness (QED) is 0.376. The summed E-state index contributed by atoms with van der Waals surface area (Å²) < 4.78 is 11.2. The van der Waals surface area contributed by atoms with Gasteiger partial charge in [0, 0.05) is 17.3 Å². The third-order valence-corrected chi connectivity index (χ3v) is 6.21. The van der Waals surface area contributed by atoms with Gasteiger partial charge < -0.3 is 14.6 Å². The van der Waals surface area contributed by atoms with Crippen LogP contribution < -0.4 is 15.0 Å². The van der Waals surface area contributed by atoms with Gasteiger partial charge in [-0.15, -0.1) is 0 Å². The van der Waals surface area contributed by atoms with Crippen molar-refractivity contribution in [2.75, 3.05) is 12.0 Å². The van der Waals surface area contributed by atoms with Crippen LogP contribution in [0, 0.1) is 0 Å². The van der Waals surface area contributed by atoms with E-state index in [9.17, 15) is 4.79 Å². The second-order valence-electron chi connectivity index (χ2n) is 8.30. The molecule has 3 aromatic carbocycles. The lowest BCUT2D eigenvalue weighted by atomic mass is 9.94. The van der Waals surface area contributed by atoms with Gasteiger partial charge in [-0.05, 0) is 36.6 Å². The first-order valence-corrected chi connectivity index (χ1v) is 11.5. The molecule has 0 bridgehead atoms. The van der Waals surface area contributed by atoms with Crippen molar-refractivity contribution in [3.8, 4) is 17.1 Å². The maximum atomic E-state index is 13.3. The molecule has 1 aliphatic heterocycles. The Kier molecular flexibility index (Phi) is 6.06. The number of aryl methyl sites for hydroxylation is 1. The van der Waals surface area contributed by atoms with E-state index in [4.69, 9.17) is 14.2 Å². The van der Waals surface area contributed by atoms with Crippen molar-refractivity contribution >= 4 is 17.3 Å². The summed E-state index contributed by atoms with van der Waals surface area (Å²) in [6, 6.07) is 24.6. The summed E-state index contributed by atoms with van der Waals surface area (Å²) in [5, 5.41) is 7.37. The molecular formula is C28H26N4O3. The molecule has 4 aromatic rings. The molecule has 0 fully saturated rings. The van der Waals surface area contributed by atoms with E-state index in [1.807, 2.05) is 73.7 Å². The van der Waals surface area contributed by atoms with Gasteiger partial charge in [0.05, 0.1) is 24.4 Å². The van der Waals surface area contributed by atoms with Crippen LogP contribution in [0.1, 0.15) is 36.9 Å². The number of anilines is 1. The van der Waals surface area contributed by atoms with Gasteiger partial charge in [-0.2, -0.15) is 4.98 Å². The molecule has 2 heterocycles. The van der Waals surface area contributed by atoms with Crippen molar-refractivity contribution in [3.05, 3.63) is 102 Å². The SMILES string of the molecule is CCc1ccc(-c2noc(C3=C(C)N(c4cccc(OC)c4)C(=O)NC3c3ccccc3)n2)cc1. The summed E-state index contributed by atoms with van der Waals surface area (Å²) in [4.78, 5) is 19.7. The largest absolute Gasteiger partial charge is 0.497 e. The number of allylic oxidation sites excluding steroid dienone is 1. The maximum Gasteiger partial charge on any atom is 0.327 e. The molecule has 7 heteroatoms. The van der Waals surface area contributed by atoms with Gasteiger partial charge in [0.1, 0.15) is 5.75 Å². The van der Waals surface area contributed by atoms with E-state index in [2.05, 4.69) is 29.5 Å². The number of aromatic nitrogens is 2. The smallest absolute Gasteiger partial charge is 0.327 e. The van der Waals surface area contributed by atoms with Crippen LogP contribution in [0.5, 0.6) is 5.75 Å². The molecule has 0 spiro atoms. The van der Waals surface area contributed by atoms with Crippen LogP contribution in [0.3, 0.4) is 0 Å². The highest BCUT2D eigenvalue weighted by molar-refractivity contribution is 6.01. The molecule has 0 saturated heterocycles. The number of nitrogens with zero attached hydrogens (tertiary/aromatic N) is 3. The van der Waals surface area contributed by atoms with Gasteiger partial charge >= 0.3 is 6.03 Å². The summed E-state index contributed by atoms with van der Waals surface area (Å²) in [6.45, 7) is 4.01. The number of carbonyl (C=O) groups excluding carboxylic acids is 1. The second-order valence-corrected chi connectivity index (χ2v) is 8.30. The lowest BCUT2D eigenvalue weighted by Crippen LogP contribution is -2.46. The number of hydrogen-bond donors (Lipinski definition) is 1. The number of benzene rings is 3. The fourth-order valence-corrected chi connectivity index (χ4v) is 4.32. The van der Waals surface area contributed by atoms with E-state index in [1.165, 1.54) is 5.56 Å². The normalized spacial score (nSPS) is 15.8. The first-order valence-electron chi connectivity index (χ1n) is 11.5. The summed E-state index contributed by atoms with van der Waals surface area (Å²) in [7, 11) is 1.60. The van der Waals surface area contributed by atoms with Gasteiger partial charge in [-0.3, -0.25) is 4.90 Å². The monoisotopic (exact) mass is 466 g/mol. The van der Waals surface area contributed by atoms with Crippen LogP contribution in [0.25, 0.3) is 17.0 Å². The molecule has 0 radical (unpaired) electrons. The van der Waals surface area contributed by atoms with E-state index in [0.717, 1.165) is 23.1 Å². The van der Waals surface area contributed by atoms with Crippen LogP contribution >= 0.6 is 0 Å². The van der Waals surface area contributed by atoms with Gasteiger partial charge in [-0.1, -0.05) is 72.7 Å². The van der Waals surface area contributed by atoms with Gasteiger partial charge in [0.25, 0.3) is 5.89 Å². The van der Waals surface area contributed by atoms with Crippen molar-refractivity contribution < 1.29 is 14.1 Å². The zero-order valence-corrected chi connectivity index (χ0v) is 19.9. The molecule has 0 saturated carbocycles. The highest BCUT2D eigenvalue weighted by Gasteiger charge is 2.36. The van der Waals surface area contributed by atoms with E-state index in [1.54, 1.807) is 12.0 Å². The molecule has 5 rings (SSSR count). The van der Waals surface area contributed by atoms with Gasteiger partial charge in [0.2, 0.25) is 5.82 Å². The molecule has 0 aliphatic carbocycles. The van der Waals surface area contributed by atoms with E-state index in [0.29, 0.717) is 28.8 Å². The number of amides is 2. The summed E-state index contributed by atoms with van der Waals surface area (Å²) in [5.41, 5.74) is 5.15. The molecule has 1 atom stereocenters. The topological polar surface area (TPSA) is 80.5 Å². The van der Waals surface area contributed by atoms with E-state index >= 15 is 0 Å². The van der Waals surface area contributed by atoms with Crippen molar-refractivity contribution in [3.63, 3.8) is 0 Å². The second kappa shape index (κ2) is 9.46. The predicted octanol–water partition coefficient (Wildman–Crippen LogP) is 6.01. The fraction of sp³-hybridized carbons (Fsp3) is 0.179. The average molecular weight is 467 g/mol. The molecule has 1 unspecified atom stereocenters.